The van der Waals surface area contributed by atoms with Gasteiger partial charge in [0.25, 0.3) is 0 Å². The fourth-order valence-corrected chi connectivity index (χ4v) is 5.98. The molecular formula is C27H52O4Si. The zero-order valence-electron chi connectivity index (χ0n) is 22.1. The van der Waals surface area contributed by atoms with Crippen molar-refractivity contribution >= 4 is 14.3 Å². The van der Waals surface area contributed by atoms with E-state index in [0.29, 0.717) is 18.3 Å². The Balaban J connectivity index is 2.70. The maximum atomic E-state index is 11.3. The number of methoxy groups -OCH3 is 1. The van der Waals surface area contributed by atoms with E-state index in [1.54, 1.807) is 0 Å². The molecule has 0 bridgehead atoms. The maximum absolute atomic E-state index is 11.3. The van der Waals surface area contributed by atoms with Gasteiger partial charge in [-0.2, -0.15) is 0 Å². The van der Waals surface area contributed by atoms with Crippen LogP contribution in [-0.2, 0) is 14.0 Å². The molecule has 0 amide bonds. The smallest absolute Gasteiger partial charge is 0.305 e. The molecule has 0 aromatic heterocycles. The van der Waals surface area contributed by atoms with Crippen LogP contribution in [-0.4, -0.2) is 38.7 Å². The Morgan fingerprint density at radius 1 is 1.09 bits per heavy atom. The van der Waals surface area contributed by atoms with Crippen molar-refractivity contribution in [2.75, 3.05) is 7.11 Å². The summed E-state index contributed by atoms with van der Waals surface area (Å²) in [7, 11) is -0.392. The molecule has 188 valence electrons. The lowest BCUT2D eigenvalue weighted by molar-refractivity contribution is -0.140. The fourth-order valence-electron chi connectivity index (χ4n) is 4.58. The van der Waals surface area contributed by atoms with Crippen molar-refractivity contribution in [3.63, 3.8) is 0 Å². The van der Waals surface area contributed by atoms with Gasteiger partial charge in [0.15, 0.2) is 8.32 Å². The second kappa shape index (κ2) is 14.6. The normalized spacial score (nSPS) is 23.1. The van der Waals surface area contributed by atoms with E-state index in [0.717, 1.165) is 51.4 Å². The first-order valence-electron chi connectivity index (χ1n) is 13.1. The second-order valence-electron chi connectivity index (χ2n) is 11.3. The minimum Gasteiger partial charge on any atom is -0.469 e. The molecule has 0 radical (unpaired) electrons. The Bertz CT molecular complexity index is 552. The summed E-state index contributed by atoms with van der Waals surface area (Å²) < 4.78 is 11.6. The highest BCUT2D eigenvalue weighted by atomic mass is 28.4. The van der Waals surface area contributed by atoms with E-state index in [1.165, 1.54) is 26.4 Å². The predicted molar refractivity (Wildman–Crippen MR) is 137 cm³/mol. The number of esters is 1. The van der Waals surface area contributed by atoms with E-state index >= 15 is 0 Å². The average molecular weight is 469 g/mol. The van der Waals surface area contributed by atoms with Crippen molar-refractivity contribution in [2.24, 2.45) is 11.8 Å². The Morgan fingerprint density at radius 3 is 2.41 bits per heavy atom. The highest BCUT2D eigenvalue weighted by Gasteiger charge is 2.45. The third kappa shape index (κ3) is 10.1. The quantitative estimate of drug-likeness (QED) is 0.118. The fraction of sp³-hybridized carbons (Fsp3) is 0.889. The Hall–Kier alpha value is -0.653. The topological polar surface area (TPSA) is 55.8 Å². The third-order valence-corrected chi connectivity index (χ3v) is 12.2. The van der Waals surface area contributed by atoms with Crippen LogP contribution in [0.4, 0.5) is 0 Å². The minimum absolute atomic E-state index is 0.113. The van der Waals surface area contributed by atoms with Crippen LogP contribution in [0.1, 0.15) is 105 Å². The molecule has 32 heavy (non-hydrogen) atoms. The largest absolute Gasteiger partial charge is 0.469 e. The molecule has 1 fully saturated rings. The zero-order valence-corrected chi connectivity index (χ0v) is 23.1. The molecule has 0 spiro atoms. The number of aliphatic hydroxyl groups excluding tert-OH is 1. The van der Waals surface area contributed by atoms with Gasteiger partial charge in [-0.15, -0.1) is 0 Å². The number of unbranched alkanes of at least 4 members (excludes halogenated alkanes) is 6. The van der Waals surface area contributed by atoms with Gasteiger partial charge in [0, 0.05) is 12.5 Å². The molecule has 4 nitrogen and oxygen atoms in total. The molecule has 1 aliphatic carbocycles. The van der Waals surface area contributed by atoms with Gasteiger partial charge >= 0.3 is 5.97 Å². The standard InChI is InChI=1S/C27H52O4Si/c1-8-9-10-11-15-18-24(28)22-20-21-25(31-32(6,7)27(2,3)4)23(22)17-14-12-13-16-19-26(29)30-5/h15,18,22-25,28H,8-14,16-17,19-21H2,1-7H3/b18-15+/t22-,23+,24?,25-/m0/s1. The molecule has 0 aromatic rings. The molecule has 1 unspecified atom stereocenters. The van der Waals surface area contributed by atoms with Gasteiger partial charge in [0.2, 0.25) is 0 Å². The van der Waals surface area contributed by atoms with Crippen LogP contribution in [0.2, 0.25) is 18.1 Å². The van der Waals surface area contributed by atoms with Crippen LogP contribution in [0, 0.1) is 11.8 Å². The molecule has 1 rings (SSSR count). The highest BCUT2D eigenvalue weighted by molar-refractivity contribution is 6.74. The SMILES string of the molecule is CCCCC/C=C/C(O)[C@H]1CC[C@H](O[Si](C)(C)C(C)(C)C)[C@@H]1CCCCCCC(=O)OC. The lowest BCUT2D eigenvalue weighted by Gasteiger charge is -2.40. The van der Waals surface area contributed by atoms with Crippen LogP contribution in [0.5, 0.6) is 0 Å². The molecule has 1 N–H and O–H groups in total. The minimum atomic E-state index is -1.84. The van der Waals surface area contributed by atoms with Gasteiger partial charge < -0.3 is 14.3 Å². The number of hydrogen-bond donors (Lipinski definition) is 1. The van der Waals surface area contributed by atoms with E-state index in [1.807, 2.05) is 0 Å². The first kappa shape index (κ1) is 29.4. The summed E-state index contributed by atoms with van der Waals surface area (Å²) in [6.45, 7) is 13.8. The van der Waals surface area contributed by atoms with E-state index in [4.69, 9.17) is 9.16 Å². The number of hydrogen-bond acceptors (Lipinski definition) is 4. The molecule has 5 heteroatoms. The Morgan fingerprint density at radius 2 is 1.78 bits per heavy atom. The predicted octanol–water partition coefficient (Wildman–Crippen LogP) is 7.41. The van der Waals surface area contributed by atoms with Gasteiger partial charge in [0.1, 0.15) is 0 Å². The summed E-state index contributed by atoms with van der Waals surface area (Å²) in [6.07, 6.45) is 16.8. The average Bonchev–Trinajstić information content (AvgIpc) is 3.11. The number of ether oxygens (including phenoxy) is 1. The van der Waals surface area contributed by atoms with E-state index < -0.39 is 8.32 Å². The van der Waals surface area contributed by atoms with Crippen LogP contribution >= 0.6 is 0 Å². The summed E-state index contributed by atoms with van der Waals surface area (Å²) in [5, 5.41) is 11.2. The van der Waals surface area contributed by atoms with E-state index in [-0.39, 0.29) is 23.2 Å². The van der Waals surface area contributed by atoms with Gasteiger partial charge in [-0.25, -0.2) is 0 Å². The zero-order chi connectivity index (χ0) is 24.2. The molecule has 0 saturated heterocycles. The van der Waals surface area contributed by atoms with Gasteiger partial charge in [-0.05, 0) is 68.5 Å². The van der Waals surface area contributed by atoms with Gasteiger partial charge in [0.05, 0.1) is 13.2 Å². The van der Waals surface area contributed by atoms with Crippen molar-refractivity contribution < 1.29 is 19.1 Å². The van der Waals surface area contributed by atoms with Gasteiger partial charge in [-0.3, -0.25) is 4.79 Å². The van der Waals surface area contributed by atoms with Crippen LogP contribution < -0.4 is 0 Å². The van der Waals surface area contributed by atoms with Crippen molar-refractivity contribution in [3.8, 4) is 0 Å². The first-order valence-corrected chi connectivity index (χ1v) is 16.0. The summed E-state index contributed by atoms with van der Waals surface area (Å²) in [6, 6.07) is 0. The Labute approximate surface area is 199 Å². The molecular weight excluding hydrogens is 416 g/mol. The first-order chi connectivity index (χ1) is 15.0. The van der Waals surface area contributed by atoms with Gasteiger partial charge in [-0.1, -0.05) is 72.0 Å². The molecule has 0 heterocycles. The number of carbonyl (C=O) groups is 1. The molecule has 0 aromatic carbocycles. The monoisotopic (exact) mass is 468 g/mol. The summed E-state index contributed by atoms with van der Waals surface area (Å²) in [5.74, 6) is 0.597. The number of carbonyl (C=O) groups excluding carboxylic acids is 1. The molecule has 4 atom stereocenters. The number of aliphatic hydroxyl groups is 1. The molecule has 0 aliphatic heterocycles. The summed E-state index contributed by atoms with van der Waals surface area (Å²) >= 11 is 0. The van der Waals surface area contributed by atoms with Crippen LogP contribution in [0.25, 0.3) is 0 Å². The van der Waals surface area contributed by atoms with Crippen LogP contribution in [0.15, 0.2) is 12.2 Å². The van der Waals surface area contributed by atoms with Crippen molar-refractivity contribution in [1.82, 2.24) is 0 Å². The lowest BCUT2D eigenvalue weighted by Crippen LogP contribution is -2.45. The lowest BCUT2D eigenvalue weighted by atomic mass is 9.85. The van der Waals surface area contributed by atoms with Crippen LogP contribution in [0.3, 0.4) is 0 Å². The van der Waals surface area contributed by atoms with E-state index in [9.17, 15) is 9.90 Å². The van der Waals surface area contributed by atoms with Crippen molar-refractivity contribution in [1.29, 1.82) is 0 Å². The van der Waals surface area contributed by atoms with Crippen molar-refractivity contribution in [3.05, 3.63) is 12.2 Å². The number of rotatable bonds is 15. The number of allylic oxidation sites excluding steroid dienone is 1. The maximum Gasteiger partial charge on any atom is 0.305 e. The summed E-state index contributed by atoms with van der Waals surface area (Å²) in [5.41, 5.74) is 0. The molecule has 1 saturated carbocycles. The second-order valence-corrected chi connectivity index (χ2v) is 16.0. The van der Waals surface area contributed by atoms with Crippen molar-refractivity contribution in [2.45, 2.75) is 135 Å². The molecule has 1 aliphatic rings. The van der Waals surface area contributed by atoms with E-state index in [2.05, 4.69) is 52.9 Å². The Kier molecular flexibility index (Phi) is 13.4. The third-order valence-electron chi connectivity index (χ3n) is 7.71. The summed E-state index contributed by atoms with van der Waals surface area (Å²) in [4.78, 5) is 11.3. The highest BCUT2D eigenvalue weighted by Crippen LogP contribution is 2.45.